The topological polar surface area (TPSA) is 68.3 Å². The van der Waals surface area contributed by atoms with Crippen molar-refractivity contribution in [2.45, 2.75) is 31.2 Å². The van der Waals surface area contributed by atoms with E-state index in [0.717, 1.165) is 30.4 Å². The minimum absolute atomic E-state index is 0.122. The van der Waals surface area contributed by atoms with Gasteiger partial charge >= 0.3 is 5.97 Å². The molecule has 1 amide bonds. The van der Waals surface area contributed by atoms with E-state index in [1.54, 1.807) is 24.5 Å². The molecule has 4 rings (SSSR count). The van der Waals surface area contributed by atoms with Gasteiger partial charge in [-0.2, -0.15) is 0 Å². The number of rotatable bonds is 3. The van der Waals surface area contributed by atoms with Gasteiger partial charge in [-0.25, -0.2) is 0 Å². The van der Waals surface area contributed by atoms with E-state index in [1.165, 1.54) is 0 Å². The van der Waals surface area contributed by atoms with Crippen molar-refractivity contribution in [2.75, 3.05) is 0 Å². The first-order chi connectivity index (χ1) is 11.2. The van der Waals surface area contributed by atoms with E-state index < -0.39 is 5.41 Å². The zero-order valence-corrected chi connectivity index (χ0v) is 12.5. The predicted octanol–water partition coefficient (Wildman–Crippen LogP) is 2.35. The number of pyridine rings is 1. The number of nitrogens with one attached hydrogen (secondary N) is 1. The minimum Gasteiger partial charge on any atom is -0.426 e. The summed E-state index contributed by atoms with van der Waals surface area (Å²) < 4.78 is 5.60. The molecule has 0 spiro atoms. The van der Waals surface area contributed by atoms with Gasteiger partial charge in [-0.15, -0.1) is 0 Å². The van der Waals surface area contributed by atoms with E-state index in [9.17, 15) is 9.59 Å². The van der Waals surface area contributed by atoms with Crippen molar-refractivity contribution in [1.82, 2.24) is 10.3 Å². The lowest BCUT2D eigenvalue weighted by Gasteiger charge is -2.39. The van der Waals surface area contributed by atoms with Gasteiger partial charge in [-0.3, -0.25) is 14.6 Å². The highest BCUT2D eigenvalue weighted by Gasteiger charge is 2.47. The third kappa shape index (κ3) is 2.20. The molecule has 2 heterocycles. The fourth-order valence-corrected chi connectivity index (χ4v) is 3.25. The number of hydrogen-bond donors (Lipinski definition) is 1. The highest BCUT2D eigenvalue weighted by atomic mass is 16.5. The summed E-state index contributed by atoms with van der Waals surface area (Å²) in [4.78, 5) is 28.6. The van der Waals surface area contributed by atoms with Gasteiger partial charge in [0.2, 0.25) is 0 Å². The second kappa shape index (κ2) is 5.19. The summed E-state index contributed by atoms with van der Waals surface area (Å²) in [6, 6.07) is 8.97. The van der Waals surface area contributed by atoms with Crippen LogP contribution in [0.15, 0.2) is 42.7 Å². The molecule has 5 nitrogen and oxygen atoms in total. The maximum atomic E-state index is 12.7. The quantitative estimate of drug-likeness (QED) is 0.698. The minimum atomic E-state index is -0.602. The Balaban J connectivity index is 1.60. The van der Waals surface area contributed by atoms with E-state index in [4.69, 9.17) is 4.74 Å². The standard InChI is InChI=1S/C18H16N2O3/c21-16-15-9-14(5-4-12(15)10-20-16)23-17(22)18(6-2-7-18)13-3-1-8-19-11-13/h1,3-5,8-9,11H,2,6-7,10H2,(H,20,21). The number of amides is 1. The molecule has 116 valence electrons. The van der Waals surface area contributed by atoms with Crippen LogP contribution in [0.2, 0.25) is 0 Å². The molecule has 1 fully saturated rings. The number of carbonyl (C=O) groups excluding carboxylic acids is 2. The zero-order chi connectivity index (χ0) is 15.9. The van der Waals surface area contributed by atoms with Gasteiger partial charge in [0, 0.05) is 24.5 Å². The Kier molecular flexibility index (Phi) is 3.15. The molecular weight excluding hydrogens is 292 g/mol. The maximum Gasteiger partial charge on any atom is 0.322 e. The fourth-order valence-electron chi connectivity index (χ4n) is 3.25. The number of ether oxygens (including phenoxy) is 1. The Morgan fingerprint density at radius 3 is 2.83 bits per heavy atom. The first-order valence-corrected chi connectivity index (χ1v) is 7.73. The van der Waals surface area contributed by atoms with Gasteiger partial charge in [-0.05, 0) is 42.2 Å². The SMILES string of the molecule is O=C1NCc2ccc(OC(=O)C3(c4cccnc4)CCC3)cc21. The lowest BCUT2D eigenvalue weighted by Crippen LogP contribution is -2.45. The molecule has 0 radical (unpaired) electrons. The zero-order valence-electron chi connectivity index (χ0n) is 12.5. The van der Waals surface area contributed by atoms with Gasteiger partial charge < -0.3 is 10.1 Å². The number of carbonyl (C=O) groups is 2. The number of hydrogen-bond acceptors (Lipinski definition) is 4. The number of esters is 1. The second-order valence-electron chi connectivity index (χ2n) is 6.07. The molecule has 5 heteroatoms. The van der Waals surface area contributed by atoms with Crippen molar-refractivity contribution >= 4 is 11.9 Å². The van der Waals surface area contributed by atoms with Crippen LogP contribution >= 0.6 is 0 Å². The molecule has 0 bridgehead atoms. The molecule has 0 saturated heterocycles. The van der Waals surface area contributed by atoms with Crippen LogP contribution in [-0.4, -0.2) is 16.9 Å². The van der Waals surface area contributed by atoms with E-state index >= 15 is 0 Å². The van der Waals surface area contributed by atoms with Crippen LogP contribution in [0.1, 0.15) is 40.7 Å². The molecule has 23 heavy (non-hydrogen) atoms. The third-order valence-corrected chi connectivity index (χ3v) is 4.79. The van der Waals surface area contributed by atoms with Crippen LogP contribution in [0.5, 0.6) is 5.75 Å². The fraction of sp³-hybridized carbons (Fsp3) is 0.278. The molecule has 1 aromatic heterocycles. The first-order valence-electron chi connectivity index (χ1n) is 7.73. The van der Waals surface area contributed by atoms with Crippen LogP contribution in [0.25, 0.3) is 0 Å². The van der Waals surface area contributed by atoms with Gasteiger partial charge in [0.05, 0.1) is 5.41 Å². The summed E-state index contributed by atoms with van der Waals surface area (Å²) in [7, 11) is 0. The molecule has 1 aromatic carbocycles. The average molecular weight is 308 g/mol. The monoisotopic (exact) mass is 308 g/mol. The average Bonchev–Trinajstić information content (AvgIpc) is 2.88. The first kappa shape index (κ1) is 13.9. The van der Waals surface area contributed by atoms with Crippen LogP contribution in [0, 0.1) is 0 Å². The van der Waals surface area contributed by atoms with Crippen molar-refractivity contribution in [2.24, 2.45) is 0 Å². The molecule has 2 aromatic rings. The summed E-state index contributed by atoms with van der Waals surface area (Å²) in [5, 5.41) is 2.76. The number of fused-ring (bicyclic) bond motifs is 1. The summed E-state index contributed by atoms with van der Waals surface area (Å²) in [5.74, 6) is 0.0274. The normalized spacial score (nSPS) is 17.8. The Bertz CT molecular complexity index is 782. The summed E-state index contributed by atoms with van der Waals surface area (Å²) in [5.41, 5.74) is 1.81. The number of aromatic nitrogens is 1. The third-order valence-electron chi connectivity index (χ3n) is 4.79. The largest absolute Gasteiger partial charge is 0.426 e. The maximum absolute atomic E-state index is 12.7. The lowest BCUT2D eigenvalue weighted by molar-refractivity contribution is -0.144. The Morgan fingerprint density at radius 1 is 1.26 bits per heavy atom. The summed E-state index contributed by atoms with van der Waals surface area (Å²) >= 11 is 0. The van der Waals surface area contributed by atoms with Gasteiger partial charge in [0.1, 0.15) is 5.75 Å². The van der Waals surface area contributed by atoms with Crippen LogP contribution < -0.4 is 10.1 Å². The van der Waals surface area contributed by atoms with E-state index in [0.29, 0.717) is 17.9 Å². The summed E-state index contributed by atoms with van der Waals surface area (Å²) in [6.07, 6.45) is 5.96. The van der Waals surface area contributed by atoms with Crippen LogP contribution in [0.3, 0.4) is 0 Å². The van der Waals surface area contributed by atoms with Crippen LogP contribution in [0.4, 0.5) is 0 Å². The highest BCUT2D eigenvalue weighted by Crippen LogP contribution is 2.44. The van der Waals surface area contributed by atoms with Crippen molar-refractivity contribution in [3.63, 3.8) is 0 Å². The Morgan fingerprint density at radius 2 is 2.13 bits per heavy atom. The molecule has 0 atom stereocenters. The predicted molar refractivity (Wildman–Crippen MR) is 83.0 cm³/mol. The molecule has 2 aliphatic rings. The van der Waals surface area contributed by atoms with Crippen molar-refractivity contribution < 1.29 is 14.3 Å². The Labute approximate surface area is 133 Å². The van der Waals surface area contributed by atoms with Gasteiger partial charge in [0.25, 0.3) is 5.91 Å². The Hall–Kier alpha value is -2.69. The van der Waals surface area contributed by atoms with Gasteiger partial charge in [-0.1, -0.05) is 18.6 Å². The van der Waals surface area contributed by atoms with Crippen LogP contribution in [-0.2, 0) is 16.8 Å². The van der Waals surface area contributed by atoms with E-state index in [1.807, 2.05) is 18.2 Å². The van der Waals surface area contributed by atoms with Crippen molar-refractivity contribution in [1.29, 1.82) is 0 Å². The molecule has 1 N–H and O–H groups in total. The second-order valence-corrected chi connectivity index (χ2v) is 6.07. The molecule has 0 unspecified atom stereocenters. The molecule has 1 aliphatic heterocycles. The molecule has 1 aliphatic carbocycles. The van der Waals surface area contributed by atoms with Crippen molar-refractivity contribution in [3.8, 4) is 5.75 Å². The smallest absolute Gasteiger partial charge is 0.322 e. The summed E-state index contributed by atoms with van der Waals surface area (Å²) in [6.45, 7) is 0.530. The van der Waals surface area contributed by atoms with E-state index in [-0.39, 0.29) is 11.9 Å². The number of nitrogens with zero attached hydrogens (tertiary/aromatic N) is 1. The van der Waals surface area contributed by atoms with Crippen molar-refractivity contribution in [3.05, 3.63) is 59.4 Å². The highest BCUT2D eigenvalue weighted by molar-refractivity contribution is 5.98. The van der Waals surface area contributed by atoms with Gasteiger partial charge in [0.15, 0.2) is 0 Å². The number of benzene rings is 1. The molecule has 1 saturated carbocycles. The molecular formula is C18H16N2O3. The van der Waals surface area contributed by atoms with E-state index in [2.05, 4.69) is 10.3 Å². The lowest BCUT2D eigenvalue weighted by atomic mass is 9.65.